The average molecular weight is 1650 g/mol. The van der Waals surface area contributed by atoms with Gasteiger partial charge in [0.25, 0.3) is 0 Å². The average Bonchev–Trinajstić information content (AvgIpc) is 1.47. The van der Waals surface area contributed by atoms with Gasteiger partial charge in [-0.15, -0.1) is 11.3 Å². The van der Waals surface area contributed by atoms with Gasteiger partial charge in [-0.05, 0) is 350 Å². The van der Waals surface area contributed by atoms with Crippen LogP contribution in [0.2, 0.25) is 0 Å². The highest BCUT2D eigenvalue weighted by Crippen LogP contribution is 2.60. The Labute approximate surface area is 745 Å². The number of aromatic nitrogens is 2. The molecule has 0 fully saturated rings. The molecule has 0 radical (unpaired) electrons. The van der Waals surface area contributed by atoms with E-state index in [9.17, 15) is 0 Å². The summed E-state index contributed by atoms with van der Waals surface area (Å²) < 4.78 is 16.3. The molecule has 0 N–H and O–H groups in total. The number of thiophene rings is 1. The van der Waals surface area contributed by atoms with Gasteiger partial charge in [-0.1, -0.05) is 232 Å². The third-order valence-electron chi connectivity index (χ3n) is 33.7. The van der Waals surface area contributed by atoms with E-state index in [1.807, 2.05) is 0 Å². The maximum atomic E-state index is 8.00. The first-order valence-corrected chi connectivity index (χ1v) is 47.6. The molecule has 0 spiro atoms. The lowest BCUT2D eigenvalue weighted by Gasteiger charge is -2.44. The summed E-state index contributed by atoms with van der Waals surface area (Å²) in [5.41, 5.74) is 44.0. The van der Waals surface area contributed by atoms with E-state index in [0.717, 1.165) is 61.9 Å². The Morgan fingerprint density at radius 1 is 0.302 bits per heavy atom. The van der Waals surface area contributed by atoms with Crippen LogP contribution in [0.25, 0.3) is 142 Å². The zero-order valence-corrected chi connectivity index (χ0v) is 77.2. The Hall–Kier alpha value is -11.6. The molecule has 4 aliphatic heterocycles. The molecule has 14 aromatic carbocycles. The second-order valence-corrected chi connectivity index (χ2v) is 46.1. The number of benzene rings is 14. The van der Waals surface area contributed by atoms with Crippen LogP contribution in [0, 0.1) is 13.8 Å². The van der Waals surface area contributed by atoms with E-state index in [-0.39, 0.29) is 57.0 Å². The number of para-hydroxylation sites is 2. The normalized spacial score (nSPS) is 18.6. The maximum Gasteiger partial charge on any atom is 0.375 e. The molecule has 0 bridgehead atoms. The number of hydrogen-bond acceptors (Lipinski definition) is 4. The van der Waals surface area contributed by atoms with Crippen LogP contribution in [0.4, 0.5) is 34.1 Å². The van der Waals surface area contributed by atoms with Crippen molar-refractivity contribution in [2.45, 2.75) is 219 Å². The molecule has 26 rings (SSSR count). The van der Waals surface area contributed by atoms with Crippen LogP contribution in [0.5, 0.6) is 0 Å². The predicted molar refractivity (Wildman–Crippen MR) is 541 cm³/mol. The van der Waals surface area contributed by atoms with Crippen molar-refractivity contribution in [1.82, 2.24) is 8.96 Å². The molecular formula is C118H108B2N4OS. The van der Waals surface area contributed by atoms with Crippen LogP contribution in [-0.2, 0) is 43.3 Å². The number of anilines is 6. The van der Waals surface area contributed by atoms with Gasteiger partial charge in [0.2, 0.25) is 0 Å². The smallest absolute Gasteiger partial charge is 0.375 e. The zero-order valence-electron chi connectivity index (χ0n) is 76.4. The quantitative estimate of drug-likeness (QED) is 0.161. The standard InChI is InChI=1S/C118H108B2N4OS/c1-65-25-21-26-66(2)102(65)75-54-85-81-34-23-31-78-83-52-72-36-35-71(50-73(72)56-97(83)123(105(78)81)119-103(85)99(58-75)121(76-37-39-88-90(59-76)113(7,8)43-41-111(88,3)4)107-86-61-92-94(63-100(86)125-109(107)119)117(15,16)47-45-115(92,11)12)67-29-22-30-68(49-67)74-53-84-80-33-24-32-79-82-51-69-27-19-20-28-70(69)55-96(82)124(106(79)80)120-104(84)98(57-74)122(77-38-40-89-91(60-77)114(9,10)44-42-112(89,5)6)108-87-62-93-95(64-101(87)126-110(108)120)118(17,18)48-46-116(93,13)14/h19-40,49-64H,41-48H2,1-18H3. The van der Waals surface area contributed by atoms with Gasteiger partial charge in [-0.3, -0.25) is 0 Å². The number of furan rings is 1. The number of rotatable bonds is 5. The molecule has 0 amide bonds. The molecule has 618 valence electrons. The summed E-state index contributed by atoms with van der Waals surface area (Å²) in [6.07, 6.45) is 9.16. The van der Waals surface area contributed by atoms with E-state index in [1.165, 1.54) is 242 Å². The third kappa shape index (κ3) is 10.2. The molecule has 0 saturated heterocycles. The molecule has 4 aliphatic carbocycles. The summed E-state index contributed by atoms with van der Waals surface area (Å²) in [7, 11) is 0. The van der Waals surface area contributed by atoms with Gasteiger partial charge in [0.1, 0.15) is 11.2 Å². The van der Waals surface area contributed by atoms with Gasteiger partial charge < -0.3 is 23.2 Å². The third-order valence-corrected chi connectivity index (χ3v) is 34.9. The molecule has 8 heteroatoms. The highest BCUT2D eigenvalue weighted by Gasteiger charge is 2.52. The van der Waals surface area contributed by atoms with Gasteiger partial charge in [-0.25, -0.2) is 0 Å². The molecular weight excluding hydrogens is 1540 g/mol. The van der Waals surface area contributed by atoms with Gasteiger partial charge >= 0.3 is 13.7 Å². The predicted octanol–water partition coefficient (Wildman–Crippen LogP) is 30.0. The van der Waals surface area contributed by atoms with Crippen LogP contribution in [0.15, 0.2) is 235 Å². The first kappa shape index (κ1) is 75.7. The lowest BCUT2D eigenvalue weighted by atomic mass is 9.47. The molecule has 18 aromatic rings. The van der Waals surface area contributed by atoms with Crippen molar-refractivity contribution in [2.75, 3.05) is 9.80 Å². The molecule has 8 heterocycles. The fourth-order valence-corrected chi connectivity index (χ4v) is 27.3. The Balaban J connectivity index is 0.694. The summed E-state index contributed by atoms with van der Waals surface area (Å²) >= 11 is 2.06. The van der Waals surface area contributed by atoms with E-state index in [2.05, 4.69) is 385 Å². The first-order chi connectivity index (χ1) is 60.2. The Morgan fingerprint density at radius 2 is 0.738 bits per heavy atom. The Kier molecular flexibility index (Phi) is 14.9. The van der Waals surface area contributed by atoms with Crippen molar-refractivity contribution in [1.29, 1.82) is 0 Å². The number of hydrogen-bond donors (Lipinski definition) is 0. The van der Waals surface area contributed by atoms with Crippen LogP contribution < -0.4 is 31.2 Å². The van der Waals surface area contributed by atoms with Crippen molar-refractivity contribution in [2.24, 2.45) is 0 Å². The van der Waals surface area contributed by atoms with Gasteiger partial charge in [0.15, 0.2) is 0 Å². The molecule has 8 aliphatic rings. The summed E-state index contributed by atoms with van der Waals surface area (Å²) in [6.45, 7) is 43.9. The Morgan fingerprint density at radius 3 is 1.31 bits per heavy atom. The first-order valence-electron chi connectivity index (χ1n) is 46.8. The van der Waals surface area contributed by atoms with Crippen molar-refractivity contribution in [3.63, 3.8) is 0 Å². The van der Waals surface area contributed by atoms with E-state index < -0.39 is 0 Å². The van der Waals surface area contributed by atoms with Crippen molar-refractivity contribution < 1.29 is 4.42 Å². The second-order valence-electron chi connectivity index (χ2n) is 45.0. The summed E-state index contributed by atoms with van der Waals surface area (Å²) in [4.78, 5) is 5.47. The second kappa shape index (κ2) is 24.8. The number of nitrogens with zero attached hydrogens (tertiary/aromatic N) is 4. The summed E-state index contributed by atoms with van der Waals surface area (Å²) in [5, 5.41) is 12.7. The highest BCUT2D eigenvalue weighted by molar-refractivity contribution is 7.32. The van der Waals surface area contributed by atoms with Gasteiger partial charge in [-0.2, -0.15) is 0 Å². The monoisotopic (exact) mass is 1650 g/mol. The largest absolute Gasteiger partial charge is 0.466 e. The van der Waals surface area contributed by atoms with E-state index in [4.69, 9.17) is 4.42 Å². The fraction of sp³-hybridized carbons (Fsp3) is 0.288. The molecule has 0 unspecified atom stereocenters. The zero-order chi connectivity index (χ0) is 86.0. The number of aryl methyl sites for hydroxylation is 2. The maximum absolute atomic E-state index is 8.00. The molecule has 126 heavy (non-hydrogen) atoms. The fourth-order valence-electron chi connectivity index (χ4n) is 26.0. The van der Waals surface area contributed by atoms with E-state index in [0.29, 0.717) is 0 Å². The van der Waals surface area contributed by atoms with E-state index >= 15 is 0 Å². The van der Waals surface area contributed by atoms with Crippen molar-refractivity contribution in [3.8, 4) is 55.6 Å². The Bertz CT molecular complexity index is 8030. The van der Waals surface area contributed by atoms with Crippen molar-refractivity contribution in [3.05, 3.63) is 286 Å². The SMILES string of the molecule is Cc1cccc(C)c1-c1cc2c3c(c1)N(c1ccc4c(c1)C(C)(C)CCC4(C)C)c1c(oc4cc5c(cc14)C(C)(C)CCC5(C)C)B3n1c3cc4cc(-c5cccc(-c6cc7c8c(c6)N(c6ccc9c(c6)C(C)(C)CCC9(C)C)c6c(sc9cc%10c(cc69)C(C)(C)CCC%10(C)C)B8n6c8cc9ccccc9cc8c8cccc-7c86)c5)ccc4cc3c3cccc-2c31. The minimum absolute atomic E-state index is 0.00780. The lowest BCUT2D eigenvalue weighted by Crippen LogP contribution is -2.56. The molecule has 5 nitrogen and oxygen atoms in total. The number of fused-ring (bicyclic) bond motifs is 24. The molecule has 0 atom stereocenters. The van der Waals surface area contributed by atoms with Crippen LogP contribution >= 0.6 is 11.3 Å². The minimum atomic E-state index is -0.302. The molecule has 4 aromatic heterocycles. The topological polar surface area (TPSA) is 29.5 Å². The van der Waals surface area contributed by atoms with E-state index in [1.54, 1.807) is 0 Å². The summed E-state index contributed by atoms with van der Waals surface area (Å²) in [5.74, 6) is 0. The lowest BCUT2D eigenvalue weighted by molar-refractivity contribution is 0.332. The molecule has 0 saturated carbocycles. The van der Waals surface area contributed by atoms with Gasteiger partial charge in [0.05, 0.1) is 11.4 Å². The highest BCUT2D eigenvalue weighted by atomic mass is 32.1. The summed E-state index contributed by atoms with van der Waals surface area (Å²) in [6, 6.07) is 93.1. The van der Waals surface area contributed by atoms with Crippen LogP contribution in [0.1, 0.15) is 218 Å². The minimum Gasteiger partial charge on any atom is -0.466 e. The van der Waals surface area contributed by atoms with Gasteiger partial charge in [0, 0.05) is 97.7 Å². The van der Waals surface area contributed by atoms with Crippen LogP contribution in [0.3, 0.4) is 0 Å². The van der Waals surface area contributed by atoms with Crippen molar-refractivity contribution >= 4 is 167 Å². The van der Waals surface area contributed by atoms with Crippen LogP contribution in [-0.4, -0.2) is 22.7 Å².